The van der Waals surface area contributed by atoms with E-state index in [1.807, 2.05) is 0 Å². The Bertz CT molecular complexity index is 485. The first-order chi connectivity index (χ1) is 8.27. The molecule has 18 heavy (non-hydrogen) atoms. The summed E-state index contributed by atoms with van der Waals surface area (Å²) in [7, 11) is 0. The van der Waals surface area contributed by atoms with Crippen molar-refractivity contribution in [2.75, 3.05) is 0 Å². The van der Waals surface area contributed by atoms with Gasteiger partial charge >= 0.3 is 12.2 Å². The lowest BCUT2D eigenvalue weighted by Gasteiger charge is -2.11. The van der Waals surface area contributed by atoms with Crippen molar-refractivity contribution in [1.29, 1.82) is 0 Å². The van der Waals surface area contributed by atoms with Gasteiger partial charge < -0.3 is 0 Å². The third-order valence-electron chi connectivity index (χ3n) is 2.39. The van der Waals surface area contributed by atoms with E-state index < -0.39 is 34.9 Å². The quantitative estimate of drug-likeness (QED) is 0.631. The molecule has 0 saturated heterocycles. The Morgan fingerprint density at radius 3 is 1.17 bits per heavy atom. The van der Waals surface area contributed by atoms with E-state index in [0.29, 0.717) is 0 Å². The fourth-order valence-electron chi connectivity index (χ4n) is 1.57. The Balaban J connectivity index is 3.76. The molecule has 0 unspecified atom stereocenters. The van der Waals surface area contributed by atoms with Crippen molar-refractivity contribution >= 4 is 11.7 Å². The van der Waals surface area contributed by atoms with Gasteiger partial charge in [0.15, 0.2) is 11.7 Å². The normalized spacial score (nSPS) is 10.2. The van der Waals surface area contributed by atoms with Gasteiger partial charge in [0.2, 0.25) is 0 Å². The molecule has 0 bridgehead atoms. The first kappa shape index (κ1) is 14.3. The third-order valence-corrected chi connectivity index (χ3v) is 2.39. The van der Waals surface area contributed by atoms with Crippen LogP contribution in [0.15, 0.2) is 24.3 Å². The molecule has 0 nitrogen and oxygen atoms in total. The lowest BCUT2D eigenvalue weighted by Crippen LogP contribution is -1.97. The van der Waals surface area contributed by atoms with Crippen molar-refractivity contribution in [2.45, 2.75) is 13.8 Å². The number of hydrogen-bond donors (Lipinski definition) is 0. The Hall–Kier alpha value is -1.72. The predicted molar refractivity (Wildman–Crippen MR) is 56.4 cm³/mol. The lowest BCUT2D eigenvalue weighted by molar-refractivity contribution is 0.407. The van der Waals surface area contributed by atoms with Crippen molar-refractivity contribution in [3.63, 3.8) is 0 Å². The van der Waals surface area contributed by atoms with Crippen LogP contribution in [0.3, 0.4) is 0 Å². The zero-order chi connectivity index (χ0) is 14.0. The molecule has 0 heterocycles. The van der Waals surface area contributed by atoms with Crippen LogP contribution in [0.5, 0.6) is 0 Å². The van der Waals surface area contributed by atoms with Crippen LogP contribution >= 0.6 is 0 Å². The van der Waals surface area contributed by atoms with Crippen molar-refractivity contribution < 1.29 is 26.3 Å². The molecule has 0 N–H and O–H groups in total. The molecule has 0 spiro atoms. The minimum Gasteiger partial charge on any atom is -0.200 e. The molecule has 1 rings (SSSR count). The zero-order valence-electron chi connectivity index (χ0n) is 9.42. The van der Waals surface area contributed by atoms with E-state index in [0.717, 1.165) is 0 Å². The second-order valence-corrected chi connectivity index (χ2v) is 3.60. The predicted octanol–water partition coefficient (Wildman–Crippen LogP) is 5.37. The molecule has 0 fully saturated rings. The van der Waals surface area contributed by atoms with E-state index >= 15 is 0 Å². The van der Waals surface area contributed by atoms with E-state index in [1.165, 1.54) is 26.0 Å². The first-order valence-corrected chi connectivity index (χ1v) is 4.79. The minimum atomic E-state index is -2.68. The fourth-order valence-corrected chi connectivity index (χ4v) is 1.57. The Morgan fingerprint density at radius 2 is 0.944 bits per heavy atom. The topological polar surface area (TPSA) is 0 Å². The smallest absolute Gasteiger partial charge is 0.200 e. The summed E-state index contributed by atoms with van der Waals surface area (Å²) in [6.07, 6.45) is -5.37. The maximum Gasteiger partial charge on any atom is 0.306 e. The van der Waals surface area contributed by atoms with Gasteiger partial charge in [0.25, 0.3) is 0 Å². The van der Waals surface area contributed by atoms with Gasteiger partial charge in [-0.05, 0) is 25.0 Å². The van der Waals surface area contributed by atoms with Crippen LogP contribution in [-0.2, 0) is 0 Å². The van der Waals surface area contributed by atoms with Crippen molar-refractivity contribution in [3.8, 4) is 0 Å². The summed E-state index contributed by atoms with van der Waals surface area (Å²) < 4.78 is 75.6. The average molecular weight is 266 g/mol. The standard InChI is InChI=1S/C12H8F6/c1-5-3-4-6(2)8(10(14)12(17)18)7(5)9(13)11(15)16/h3-4H,1-2H3. The first-order valence-electron chi connectivity index (χ1n) is 4.79. The summed E-state index contributed by atoms with van der Waals surface area (Å²) in [6, 6.07) is 2.50. The molecule has 0 aliphatic carbocycles. The van der Waals surface area contributed by atoms with Gasteiger partial charge in [-0.3, -0.25) is 0 Å². The number of aryl methyl sites for hydroxylation is 2. The van der Waals surface area contributed by atoms with Crippen LogP contribution < -0.4 is 0 Å². The second kappa shape index (κ2) is 5.29. The minimum absolute atomic E-state index is 0.0581. The van der Waals surface area contributed by atoms with Crippen LogP contribution in [0.2, 0.25) is 0 Å². The van der Waals surface area contributed by atoms with Gasteiger partial charge in [0.1, 0.15) is 0 Å². The number of halogens is 6. The molecule has 0 atom stereocenters. The highest BCUT2D eigenvalue weighted by Crippen LogP contribution is 2.36. The molecule has 0 radical (unpaired) electrons. The molecular weight excluding hydrogens is 258 g/mol. The van der Waals surface area contributed by atoms with Gasteiger partial charge in [0, 0.05) is 11.1 Å². The van der Waals surface area contributed by atoms with Gasteiger partial charge in [-0.1, -0.05) is 12.1 Å². The van der Waals surface area contributed by atoms with Crippen LogP contribution in [0.4, 0.5) is 26.3 Å². The fraction of sp³-hybridized carbons (Fsp3) is 0.167. The van der Waals surface area contributed by atoms with Gasteiger partial charge in [-0.2, -0.15) is 17.6 Å². The lowest BCUT2D eigenvalue weighted by atomic mass is 9.95. The summed E-state index contributed by atoms with van der Waals surface area (Å²) >= 11 is 0. The molecule has 0 amide bonds. The summed E-state index contributed by atoms with van der Waals surface area (Å²) in [5, 5.41) is 0. The van der Waals surface area contributed by atoms with E-state index in [2.05, 4.69) is 0 Å². The summed E-state index contributed by atoms with van der Waals surface area (Å²) in [4.78, 5) is 0. The van der Waals surface area contributed by atoms with Gasteiger partial charge in [-0.25, -0.2) is 8.78 Å². The Kier molecular flexibility index (Phi) is 4.21. The van der Waals surface area contributed by atoms with E-state index in [4.69, 9.17) is 0 Å². The second-order valence-electron chi connectivity index (χ2n) is 3.60. The highest BCUT2D eigenvalue weighted by molar-refractivity contribution is 5.78. The molecule has 98 valence electrons. The monoisotopic (exact) mass is 266 g/mol. The highest BCUT2D eigenvalue weighted by Gasteiger charge is 2.23. The van der Waals surface area contributed by atoms with Crippen LogP contribution in [0.25, 0.3) is 11.7 Å². The van der Waals surface area contributed by atoms with Crippen LogP contribution in [-0.4, -0.2) is 0 Å². The maximum atomic E-state index is 13.3. The SMILES string of the molecule is Cc1ccc(C)c(C(F)=C(F)F)c1C(F)=C(F)F. The highest BCUT2D eigenvalue weighted by atomic mass is 19.3. The molecule has 6 heteroatoms. The van der Waals surface area contributed by atoms with Crippen molar-refractivity contribution in [2.24, 2.45) is 0 Å². The van der Waals surface area contributed by atoms with Gasteiger partial charge in [-0.15, -0.1) is 0 Å². The molecule has 0 aliphatic rings. The Labute approximate surface area is 99.2 Å². The van der Waals surface area contributed by atoms with Crippen LogP contribution in [0, 0.1) is 13.8 Å². The van der Waals surface area contributed by atoms with E-state index in [-0.39, 0.29) is 11.1 Å². The molecule has 1 aromatic carbocycles. The van der Waals surface area contributed by atoms with E-state index in [9.17, 15) is 26.3 Å². The molecule has 0 aliphatic heterocycles. The largest absolute Gasteiger partial charge is 0.306 e. The molecule has 1 aromatic rings. The number of benzene rings is 1. The van der Waals surface area contributed by atoms with Gasteiger partial charge in [0.05, 0.1) is 0 Å². The Morgan fingerprint density at radius 1 is 0.667 bits per heavy atom. The zero-order valence-corrected chi connectivity index (χ0v) is 9.42. The van der Waals surface area contributed by atoms with Crippen molar-refractivity contribution in [3.05, 3.63) is 46.5 Å². The molecule has 0 saturated carbocycles. The summed E-state index contributed by atoms with van der Waals surface area (Å²) in [6.45, 7) is 2.45. The molecular formula is C12H8F6. The van der Waals surface area contributed by atoms with Crippen molar-refractivity contribution in [1.82, 2.24) is 0 Å². The third kappa shape index (κ3) is 2.57. The van der Waals surface area contributed by atoms with Crippen LogP contribution in [0.1, 0.15) is 22.3 Å². The maximum absolute atomic E-state index is 13.3. The summed E-state index contributed by atoms with van der Waals surface area (Å²) in [5.74, 6) is -4.00. The number of rotatable bonds is 2. The van der Waals surface area contributed by atoms with E-state index in [1.54, 1.807) is 0 Å². The molecule has 0 aromatic heterocycles. The average Bonchev–Trinajstić information content (AvgIpc) is 2.29. The summed E-state index contributed by atoms with van der Waals surface area (Å²) in [5.41, 5.74) is -1.81. The number of hydrogen-bond acceptors (Lipinski definition) is 0.